The van der Waals surface area contributed by atoms with Crippen LogP contribution in [-0.2, 0) is 0 Å². The molecule has 0 radical (unpaired) electrons. The van der Waals surface area contributed by atoms with Crippen LogP contribution in [0, 0.1) is 0 Å². The Bertz CT molecular complexity index is 556. The fraction of sp³-hybridized carbons (Fsp3) is 0.467. The third-order valence-electron chi connectivity index (χ3n) is 3.18. The first-order valence-electron chi connectivity index (χ1n) is 6.97. The molecular weight excluding hydrogens is 318 g/mol. The minimum Gasteiger partial charge on any atom is -0.491 e. The van der Waals surface area contributed by atoms with Gasteiger partial charge >= 0.3 is 0 Å². The second-order valence-corrected chi connectivity index (χ2v) is 5.90. The largest absolute Gasteiger partial charge is 0.491 e. The smallest absolute Gasteiger partial charge is 0.121 e. The molecule has 2 unspecified atom stereocenters. The van der Waals surface area contributed by atoms with E-state index < -0.39 is 0 Å². The highest BCUT2D eigenvalue weighted by Gasteiger charge is 2.11. The molecule has 0 aliphatic rings. The Kier molecular flexibility index (Phi) is 5.17. The summed E-state index contributed by atoms with van der Waals surface area (Å²) in [6.07, 6.45) is 4.13. The van der Waals surface area contributed by atoms with E-state index in [1.165, 1.54) is 0 Å². The standard InChI is InChI=1S/C15H20BrN3O/c1-4-11(3)20-13-8-6-7-12(9-13)19-10-15(17-18-19)14(16)5-2/h6-11,14H,4-5H2,1-3H3. The van der Waals surface area contributed by atoms with E-state index in [9.17, 15) is 0 Å². The lowest BCUT2D eigenvalue weighted by atomic mass is 10.2. The van der Waals surface area contributed by atoms with Crippen LogP contribution in [0.25, 0.3) is 5.69 Å². The zero-order valence-corrected chi connectivity index (χ0v) is 13.7. The van der Waals surface area contributed by atoms with Crippen molar-refractivity contribution in [1.29, 1.82) is 0 Å². The lowest BCUT2D eigenvalue weighted by Crippen LogP contribution is -2.09. The predicted octanol–water partition coefficient (Wildman–Crippen LogP) is 4.29. The maximum atomic E-state index is 5.83. The van der Waals surface area contributed by atoms with E-state index >= 15 is 0 Å². The number of ether oxygens (including phenoxy) is 1. The normalized spacial score (nSPS) is 14.0. The van der Waals surface area contributed by atoms with E-state index in [4.69, 9.17) is 4.74 Å². The molecule has 0 saturated heterocycles. The second-order valence-electron chi connectivity index (χ2n) is 4.80. The van der Waals surface area contributed by atoms with Crippen LogP contribution < -0.4 is 4.74 Å². The van der Waals surface area contributed by atoms with Gasteiger partial charge in [0.1, 0.15) is 5.75 Å². The van der Waals surface area contributed by atoms with Crippen LogP contribution in [0.3, 0.4) is 0 Å². The van der Waals surface area contributed by atoms with Gasteiger partial charge < -0.3 is 4.74 Å². The minimum atomic E-state index is 0.212. The quantitative estimate of drug-likeness (QED) is 0.738. The van der Waals surface area contributed by atoms with Crippen molar-refractivity contribution in [2.24, 2.45) is 0 Å². The highest BCUT2D eigenvalue weighted by Crippen LogP contribution is 2.25. The van der Waals surface area contributed by atoms with Crippen molar-refractivity contribution in [1.82, 2.24) is 15.0 Å². The van der Waals surface area contributed by atoms with Gasteiger partial charge in [0.25, 0.3) is 0 Å². The summed E-state index contributed by atoms with van der Waals surface area (Å²) in [6.45, 7) is 6.29. The number of halogens is 1. The van der Waals surface area contributed by atoms with Crippen LogP contribution in [0.2, 0.25) is 0 Å². The third-order valence-corrected chi connectivity index (χ3v) is 4.30. The number of rotatable bonds is 6. The molecule has 0 spiro atoms. The monoisotopic (exact) mass is 337 g/mol. The van der Waals surface area contributed by atoms with E-state index in [1.807, 2.05) is 30.5 Å². The molecule has 0 amide bonds. The number of hydrogen-bond acceptors (Lipinski definition) is 3. The van der Waals surface area contributed by atoms with Crippen molar-refractivity contribution in [2.45, 2.75) is 44.5 Å². The van der Waals surface area contributed by atoms with Gasteiger partial charge in [-0.15, -0.1) is 5.10 Å². The number of alkyl halides is 1. The molecule has 2 atom stereocenters. The van der Waals surface area contributed by atoms with Crippen LogP contribution in [0.15, 0.2) is 30.5 Å². The van der Waals surface area contributed by atoms with E-state index in [2.05, 4.69) is 47.0 Å². The van der Waals surface area contributed by atoms with E-state index in [-0.39, 0.29) is 10.9 Å². The number of benzene rings is 1. The molecule has 2 rings (SSSR count). The number of nitrogens with zero attached hydrogens (tertiary/aromatic N) is 3. The minimum absolute atomic E-state index is 0.212. The number of hydrogen-bond donors (Lipinski definition) is 0. The Morgan fingerprint density at radius 3 is 2.80 bits per heavy atom. The highest BCUT2D eigenvalue weighted by atomic mass is 79.9. The second kappa shape index (κ2) is 6.88. The van der Waals surface area contributed by atoms with Crippen molar-refractivity contribution in [3.05, 3.63) is 36.2 Å². The lowest BCUT2D eigenvalue weighted by Gasteiger charge is -2.13. The summed E-state index contributed by atoms with van der Waals surface area (Å²) in [5, 5.41) is 8.37. The first-order chi connectivity index (χ1) is 9.63. The Morgan fingerprint density at radius 2 is 2.10 bits per heavy atom. The summed E-state index contributed by atoms with van der Waals surface area (Å²) < 4.78 is 7.61. The Labute approximate surface area is 128 Å². The molecule has 0 fully saturated rings. The summed E-state index contributed by atoms with van der Waals surface area (Å²) in [4.78, 5) is 0.246. The van der Waals surface area contributed by atoms with Crippen molar-refractivity contribution in [3.63, 3.8) is 0 Å². The van der Waals surface area contributed by atoms with Gasteiger partial charge in [0.05, 0.1) is 28.5 Å². The Morgan fingerprint density at radius 1 is 1.30 bits per heavy atom. The van der Waals surface area contributed by atoms with Crippen molar-refractivity contribution >= 4 is 15.9 Å². The molecule has 20 heavy (non-hydrogen) atoms. The topological polar surface area (TPSA) is 39.9 Å². The maximum Gasteiger partial charge on any atom is 0.121 e. The molecular formula is C15H20BrN3O. The van der Waals surface area contributed by atoms with Crippen LogP contribution >= 0.6 is 15.9 Å². The molecule has 2 aromatic rings. The van der Waals surface area contributed by atoms with Gasteiger partial charge in [-0.3, -0.25) is 0 Å². The van der Waals surface area contributed by atoms with E-state index in [0.29, 0.717) is 0 Å². The van der Waals surface area contributed by atoms with Crippen LogP contribution in [-0.4, -0.2) is 21.1 Å². The molecule has 1 heterocycles. The molecule has 0 N–H and O–H groups in total. The van der Waals surface area contributed by atoms with Gasteiger partial charge in [0, 0.05) is 6.07 Å². The molecule has 0 aliphatic heterocycles. The summed E-state index contributed by atoms with van der Waals surface area (Å²) in [6, 6.07) is 7.92. The Balaban J connectivity index is 2.20. The van der Waals surface area contributed by atoms with Gasteiger partial charge in [-0.1, -0.05) is 41.1 Å². The van der Waals surface area contributed by atoms with Gasteiger partial charge in [-0.25, -0.2) is 4.68 Å². The fourth-order valence-corrected chi connectivity index (χ4v) is 1.98. The molecule has 108 valence electrons. The molecule has 4 nitrogen and oxygen atoms in total. The van der Waals surface area contributed by atoms with Crippen LogP contribution in [0.5, 0.6) is 5.75 Å². The Hall–Kier alpha value is -1.36. The van der Waals surface area contributed by atoms with E-state index in [1.54, 1.807) is 4.68 Å². The summed E-state index contributed by atoms with van der Waals surface area (Å²) >= 11 is 3.59. The van der Waals surface area contributed by atoms with Gasteiger partial charge in [-0.2, -0.15) is 0 Å². The van der Waals surface area contributed by atoms with Crippen molar-refractivity contribution in [2.75, 3.05) is 0 Å². The summed E-state index contributed by atoms with van der Waals surface area (Å²) in [7, 11) is 0. The SMILES string of the molecule is CCC(C)Oc1cccc(-n2cc(C(Br)CC)nn2)c1. The van der Waals surface area contributed by atoms with E-state index in [0.717, 1.165) is 30.0 Å². The molecule has 1 aromatic carbocycles. The molecule has 0 aliphatic carbocycles. The molecule has 0 bridgehead atoms. The van der Waals surface area contributed by atoms with Crippen molar-refractivity contribution in [3.8, 4) is 11.4 Å². The third kappa shape index (κ3) is 3.60. The first-order valence-corrected chi connectivity index (χ1v) is 7.89. The van der Waals surface area contributed by atoms with Gasteiger partial charge in [0.2, 0.25) is 0 Å². The van der Waals surface area contributed by atoms with Crippen molar-refractivity contribution < 1.29 is 4.74 Å². The summed E-state index contributed by atoms with van der Waals surface area (Å²) in [5.41, 5.74) is 1.90. The molecule has 5 heteroatoms. The fourth-order valence-electron chi connectivity index (χ4n) is 1.77. The van der Waals surface area contributed by atoms with Crippen LogP contribution in [0.1, 0.15) is 44.1 Å². The average molecular weight is 338 g/mol. The zero-order valence-electron chi connectivity index (χ0n) is 12.1. The predicted molar refractivity (Wildman–Crippen MR) is 83.7 cm³/mol. The zero-order chi connectivity index (χ0) is 14.5. The average Bonchev–Trinajstić information content (AvgIpc) is 2.96. The lowest BCUT2D eigenvalue weighted by molar-refractivity contribution is 0.217. The van der Waals surface area contributed by atoms with Gasteiger partial charge in [0.15, 0.2) is 0 Å². The highest BCUT2D eigenvalue weighted by molar-refractivity contribution is 9.09. The van der Waals surface area contributed by atoms with Crippen LogP contribution in [0.4, 0.5) is 0 Å². The maximum absolute atomic E-state index is 5.83. The molecule has 1 aromatic heterocycles. The first kappa shape index (κ1) is 15.0. The molecule has 0 saturated carbocycles. The van der Waals surface area contributed by atoms with Gasteiger partial charge in [-0.05, 0) is 31.9 Å². The number of aromatic nitrogens is 3. The summed E-state index contributed by atoms with van der Waals surface area (Å²) in [5.74, 6) is 0.861.